The van der Waals surface area contributed by atoms with Gasteiger partial charge in [0, 0.05) is 30.3 Å². The van der Waals surface area contributed by atoms with Crippen LogP contribution in [0.5, 0.6) is 11.5 Å². The number of hydrogen-bond donors (Lipinski definition) is 3. The van der Waals surface area contributed by atoms with E-state index in [1.165, 1.54) is 30.5 Å². The Morgan fingerprint density at radius 2 is 1.08 bits per heavy atom. The maximum absolute atomic E-state index is 12.8. The first-order valence-corrected chi connectivity index (χ1v) is 14.8. The SMILES string of the molecule is O=C(Nc1ccc(OC(F)(F)F)cc1)c1cccnc1CCCCCCCNc1ncccc1C(=O)Nc1ccc(OC(F)(F)F)cc1. The molecule has 9 nitrogen and oxygen atoms in total. The number of hydrogen-bond acceptors (Lipinski definition) is 7. The summed E-state index contributed by atoms with van der Waals surface area (Å²) in [6, 6.07) is 16.1. The number of nitrogens with one attached hydrogen (secondary N) is 3. The van der Waals surface area contributed by atoms with Crippen LogP contribution in [0.25, 0.3) is 0 Å². The summed E-state index contributed by atoms with van der Waals surface area (Å²) in [4.78, 5) is 34.2. The predicted octanol–water partition coefficient (Wildman–Crippen LogP) is 8.38. The van der Waals surface area contributed by atoms with Gasteiger partial charge in [0.1, 0.15) is 17.3 Å². The summed E-state index contributed by atoms with van der Waals surface area (Å²) in [5, 5.41) is 8.46. The van der Waals surface area contributed by atoms with Crippen molar-refractivity contribution in [1.29, 1.82) is 0 Å². The number of aryl methyl sites for hydroxylation is 1. The number of amides is 2. The van der Waals surface area contributed by atoms with Crippen molar-refractivity contribution in [2.45, 2.75) is 51.2 Å². The monoisotopic (exact) mass is 675 g/mol. The van der Waals surface area contributed by atoms with Gasteiger partial charge in [-0.3, -0.25) is 14.6 Å². The highest BCUT2D eigenvalue weighted by atomic mass is 19.4. The molecule has 2 amide bonds. The molecule has 2 heterocycles. The molecule has 0 aliphatic carbocycles. The van der Waals surface area contributed by atoms with E-state index in [1.807, 2.05) is 0 Å². The minimum atomic E-state index is -4.81. The molecule has 4 rings (SSSR count). The molecule has 254 valence electrons. The van der Waals surface area contributed by atoms with Gasteiger partial charge in [-0.15, -0.1) is 26.3 Å². The summed E-state index contributed by atoms with van der Waals surface area (Å²) in [6.45, 7) is 0.550. The molecule has 2 aromatic heterocycles. The lowest BCUT2D eigenvalue weighted by atomic mass is 10.0. The van der Waals surface area contributed by atoms with Crippen molar-refractivity contribution in [3.05, 3.63) is 102 Å². The number of alkyl halides is 6. The molecule has 3 N–H and O–H groups in total. The smallest absolute Gasteiger partial charge is 0.406 e. The number of anilines is 3. The quantitative estimate of drug-likeness (QED) is 0.0857. The van der Waals surface area contributed by atoms with Gasteiger partial charge in [0.2, 0.25) is 0 Å². The number of ether oxygens (including phenoxy) is 2. The zero-order chi connectivity index (χ0) is 34.6. The number of carbonyl (C=O) groups is 2. The molecule has 0 radical (unpaired) electrons. The molecule has 4 aromatic rings. The Morgan fingerprint density at radius 1 is 0.604 bits per heavy atom. The van der Waals surface area contributed by atoms with Crippen LogP contribution in [-0.4, -0.2) is 41.1 Å². The van der Waals surface area contributed by atoms with Gasteiger partial charge in [-0.2, -0.15) is 0 Å². The number of carbonyl (C=O) groups excluding carboxylic acids is 2. The van der Waals surface area contributed by atoms with Crippen molar-refractivity contribution in [3.63, 3.8) is 0 Å². The number of benzene rings is 2. The van der Waals surface area contributed by atoms with E-state index in [1.54, 1.807) is 30.5 Å². The van der Waals surface area contributed by atoms with Crippen molar-refractivity contribution in [2.75, 3.05) is 22.5 Å². The summed E-state index contributed by atoms with van der Waals surface area (Å²) in [7, 11) is 0. The maximum Gasteiger partial charge on any atom is 0.573 e. The van der Waals surface area contributed by atoms with Gasteiger partial charge in [-0.05, 0) is 92.1 Å². The normalized spacial score (nSPS) is 11.5. The highest BCUT2D eigenvalue weighted by molar-refractivity contribution is 6.07. The molecule has 0 saturated carbocycles. The lowest BCUT2D eigenvalue weighted by molar-refractivity contribution is -0.275. The minimum absolute atomic E-state index is 0.274. The van der Waals surface area contributed by atoms with Crippen LogP contribution in [0.3, 0.4) is 0 Å². The summed E-state index contributed by atoms with van der Waals surface area (Å²) in [5.74, 6) is -1.33. The van der Waals surface area contributed by atoms with E-state index in [0.717, 1.165) is 56.4 Å². The van der Waals surface area contributed by atoms with Crippen LogP contribution >= 0.6 is 0 Å². The molecule has 0 unspecified atom stereocenters. The van der Waals surface area contributed by atoms with E-state index in [-0.39, 0.29) is 11.3 Å². The second-order valence-electron chi connectivity index (χ2n) is 10.4. The maximum atomic E-state index is 12.8. The molecule has 0 fully saturated rings. The van der Waals surface area contributed by atoms with Crippen LogP contribution in [0.4, 0.5) is 43.5 Å². The Labute approximate surface area is 271 Å². The summed E-state index contributed by atoms with van der Waals surface area (Å²) in [5.41, 5.74) is 1.86. The third-order valence-corrected chi connectivity index (χ3v) is 6.76. The highest BCUT2D eigenvalue weighted by Crippen LogP contribution is 2.26. The third kappa shape index (κ3) is 11.8. The van der Waals surface area contributed by atoms with Gasteiger partial charge in [-0.1, -0.05) is 19.3 Å². The molecule has 0 spiro atoms. The summed E-state index contributed by atoms with van der Waals surface area (Å²) >= 11 is 0. The van der Waals surface area contributed by atoms with Crippen LogP contribution in [-0.2, 0) is 6.42 Å². The molecular weight excluding hydrogens is 644 g/mol. The van der Waals surface area contributed by atoms with Crippen LogP contribution in [0.2, 0.25) is 0 Å². The molecular formula is C33H31F6N5O4. The lowest BCUT2D eigenvalue weighted by Gasteiger charge is -2.12. The second kappa shape index (κ2) is 16.5. The Bertz CT molecular complexity index is 1530. The molecule has 0 aliphatic rings. The molecule has 48 heavy (non-hydrogen) atoms. The van der Waals surface area contributed by atoms with Gasteiger partial charge in [0.25, 0.3) is 11.8 Å². The number of halogens is 6. The predicted molar refractivity (Wildman–Crippen MR) is 166 cm³/mol. The van der Waals surface area contributed by atoms with Gasteiger partial charge in [-0.25, -0.2) is 4.98 Å². The fourth-order valence-electron chi connectivity index (χ4n) is 4.60. The Hall–Kier alpha value is -5.34. The average molecular weight is 676 g/mol. The topological polar surface area (TPSA) is 114 Å². The second-order valence-corrected chi connectivity index (χ2v) is 10.4. The number of aromatic nitrogens is 2. The Kier molecular flexibility index (Phi) is 12.2. The zero-order valence-corrected chi connectivity index (χ0v) is 25.3. The molecule has 15 heteroatoms. The molecule has 0 saturated heterocycles. The van der Waals surface area contributed by atoms with Crippen LogP contribution in [0, 0.1) is 0 Å². The van der Waals surface area contributed by atoms with Gasteiger partial charge >= 0.3 is 12.7 Å². The summed E-state index contributed by atoms with van der Waals surface area (Å²) in [6.07, 6.45) is -1.68. The Morgan fingerprint density at radius 3 is 1.65 bits per heavy atom. The number of rotatable bonds is 15. The number of nitrogens with zero attached hydrogens (tertiary/aromatic N) is 2. The molecule has 0 atom stereocenters. The fourth-order valence-corrected chi connectivity index (χ4v) is 4.60. The largest absolute Gasteiger partial charge is 0.573 e. The van der Waals surface area contributed by atoms with Gasteiger partial charge in [0.15, 0.2) is 0 Å². The van der Waals surface area contributed by atoms with E-state index < -0.39 is 36.0 Å². The van der Waals surface area contributed by atoms with Crippen molar-refractivity contribution in [3.8, 4) is 11.5 Å². The lowest BCUT2D eigenvalue weighted by Crippen LogP contribution is -2.17. The van der Waals surface area contributed by atoms with Gasteiger partial charge < -0.3 is 25.4 Å². The third-order valence-electron chi connectivity index (χ3n) is 6.76. The fraction of sp³-hybridized carbons (Fsp3) is 0.273. The van der Waals surface area contributed by atoms with E-state index in [2.05, 4.69) is 35.4 Å². The van der Waals surface area contributed by atoms with Crippen LogP contribution < -0.4 is 25.4 Å². The summed E-state index contributed by atoms with van der Waals surface area (Å²) < 4.78 is 81.9. The highest BCUT2D eigenvalue weighted by Gasteiger charge is 2.31. The average Bonchev–Trinajstić information content (AvgIpc) is 3.03. The molecule has 0 aliphatic heterocycles. The number of unbranched alkanes of at least 4 members (excludes halogenated alkanes) is 4. The standard InChI is InChI=1S/C33H31F6N5O4/c34-32(35,36)47-24-15-11-22(12-16-24)43-30(45)26-8-6-20-40-28(26)10-4-2-1-3-5-19-41-29-27(9-7-21-42-29)31(46)44-23-13-17-25(18-14-23)48-33(37,38)39/h6-9,11-18,20-21H,1-5,10,19H2,(H,41,42)(H,43,45)(H,44,46). The minimum Gasteiger partial charge on any atom is -0.406 e. The van der Waals surface area contributed by atoms with Crippen molar-refractivity contribution in [2.24, 2.45) is 0 Å². The van der Waals surface area contributed by atoms with Crippen LogP contribution in [0.15, 0.2) is 85.2 Å². The first-order valence-electron chi connectivity index (χ1n) is 14.8. The van der Waals surface area contributed by atoms with Crippen molar-refractivity contribution >= 4 is 29.0 Å². The van der Waals surface area contributed by atoms with Crippen LogP contribution in [0.1, 0.15) is 58.5 Å². The molecule has 0 bridgehead atoms. The van der Waals surface area contributed by atoms with E-state index >= 15 is 0 Å². The molecule has 2 aromatic carbocycles. The van der Waals surface area contributed by atoms with E-state index in [9.17, 15) is 35.9 Å². The zero-order valence-electron chi connectivity index (χ0n) is 25.3. The Balaban J connectivity index is 1.17. The van der Waals surface area contributed by atoms with Crippen molar-refractivity contribution in [1.82, 2.24) is 9.97 Å². The number of pyridine rings is 2. The first-order chi connectivity index (χ1) is 22.9. The van der Waals surface area contributed by atoms with Crippen molar-refractivity contribution < 1.29 is 45.4 Å². The van der Waals surface area contributed by atoms with Gasteiger partial charge in [0.05, 0.1) is 16.8 Å². The van der Waals surface area contributed by atoms with E-state index in [0.29, 0.717) is 35.7 Å². The first kappa shape index (κ1) is 35.5. The van der Waals surface area contributed by atoms with E-state index in [4.69, 9.17) is 0 Å².